The molecule has 0 aliphatic rings. The molecule has 0 fully saturated rings. The third-order valence-electron chi connectivity index (χ3n) is 4.02. The number of methoxy groups -OCH3 is 1. The Morgan fingerprint density at radius 1 is 1.13 bits per heavy atom. The Morgan fingerprint density at radius 3 is 2.60 bits per heavy atom. The van der Waals surface area contributed by atoms with E-state index in [-0.39, 0.29) is 10.6 Å². The van der Waals surface area contributed by atoms with Gasteiger partial charge in [-0.2, -0.15) is 11.8 Å². The van der Waals surface area contributed by atoms with Gasteiger partial charge in [0.25, 0.3) is 11.8 Å². The van der Waals surface area contributed by atoms with Gasteiger partial charge in [0, 0.05) is 11.8 Å². The Balaban J connectivity index is 1.94. The summed E-state index contributed by atoms with van der Waals surface area (Å²) in [4.78, 5) is 37.1. The van der Waals surface area contributed by atoms with Crippen LogP contribution in [0, 0.1) is 0 Å². The molecule has 2 aromatic rings. The molecule has 2 rings (SSSR count). The summed E-state index contributed by atoms with van der Waals surface area (Å²) in [6.07, 6.45) is 2.24. The van der Waals surface area contributed by atoms with Crippen molar-refractivity contribution < 1.29 is 23.9 Å². The summed E-state index contributed by atoms with van der Waals surface area (Å²) in [6.45, 7) is -0.478. The monoisotopic (exact) mass is 450 g/mol. The van der Waals surface area contributed by atoms with E-state index in [1.165, 1.54) is 18.9 Å². The first-order valence-corrected chi connectivity index (χ1v) is 10.9. The second-order valence-electron chi connectivity index (χ2n) is 6.18. The number of carbonyl (C=O) groups is 3. The van der Waals surface area contributed by atoms with Crippen molar-refractivity contribution in [3.8, 4) is 5.75 Å². The second-order valence-corrected chi connectivity index (χ2v) is 7.57. The van der Waals surface area contributed by atoms with Crippen LogP contribution in [0.2, 0.25) is 5.02 Å². The van der Waals surface area contributed by atoms with Gasteiger partial charge in [-0.25, -0.2) is 4.79 Å². The lowest BCUT2D eigenvalue weighted by Gasteiger charge is -2.17. The smallest absolute Gasteiger partial charge is 0.329 e. The first-order valence-electron chi connectivity index (χ1n) is 9.09. The van der Waals surface area contributed by atoms with Gasteiger partial charge in [-0.15, -0.1) is 0 Å². The maximum atomic E-state index is 12.5. The van der Waals surface area contributed by atoms with E-state index < -0.39 is 30.4 Å². The minimum atomic E-state index is -0.897. The van der Waals surface area contributed by atoms with Crippen molar-refractivity contribution in [1.29, 1.82) is 0 Å². The lowest BCUT2D eigenvalue weighted by molar-refractivity contribution is -0.149. The predicted molar refractivity (Wildman–Crippen MR) is 118 cm³/mol. The van der Waals surface area contributed by atoms with Gasteiger partial charge in [0.15, 0.2) is 6.61 Å². The Hall–Kier alpha value is -2.71. The zero-order valence-electron chi connectivity index (χ0n) is 16.6. The van der Waals surface area contributed by atoms with Crippen molar-refractivity contribution in [2.45, 2.75) is 12.5 Å². The largest absolute Gasteiger partial charge is 0.497 e. The average Bonchev–Trinajstić information content (AvgIpc) is 2.75. The van der Waals surface area contributed by atoms with E-state index in [0.717, 1.165) is 0 Å². The van der Waals surface area contributed by atoms with Gasteiger partial charge in [-0.3, -0.25) is 9.59 Å². The van der Waals surface area contributed by atoms with Crippen molar-refractivity contribution in [1.82, 2.24) is 5.32 Å². The molecule has 30 heavy (non-hydrogen) atoms. The number of ether oxygens (including phenoxy) is 2. The molecule has 9 heteroatoms. The average molecular weight is 451 g/mol. The molecule has 0 aliphatic carbocycles. The lowest BCUT2D eigenvalue weighted by Crippen LogP contribution is -2.43. The number of nitrogens with one attached hydrogen (secondary N) is 2. The molecule has 0 spiro atoms. The Labute approximate surface area is 184 Å². The Kier molecular flexibility index (Phi) is 9.50. The van der Waals surface area contributed by atoms with Gasteiger partial charge in [0.05, 0.1) is 17.7 Å². The van der Waals surface area contributed by atoms with Crippen molar-refractivity contribution in [2.75, 3.05) is 31.0 Å². The van der Waals surface area contributed by atoms with E-state index >= 15 is 0 Å². The van der Waals surface area contributed by atoms with Gasteiger partial charge in [-0.05, 0) is 42.7 Å². The molecule has 7 nitrogen and oxygen atoms in total. The lowest BCUT2D eigenvalue weighted by atomic mass is 10.1. The summed E-state index contributed by atoms with van der Waals surface area (Å²) >= 11 is 7.57. The van der Waals surface area contributed by atoms with E-state index in [1.54, 1.807) is 48.5 Å². The van der Waals surface area contributed by atoms with E-state index in [0.29, 0.717) is 23.6 Å². The number of rotatable bonds is 10. The minimum absolute atomic E-state index is 0.261. The number of halogens is 1. The number of esters is 1. The number of benzene rings is 2. The highest BCUT2D eigenvalue weighted by molar-refractivity contribution is 7.98. The Morgan fingerprint density at radius 2 is 1.90 bits per heavy atom. The molecule has 0 aliphatic heterocycles. The summed E-state index contributed by atoms with van der Waals surface area (Å²) in [5.74, 6) is -0.463. The summed E-state index contributed by atoms with van der Waals surface area (Å²) in [5, 5.41) is 5.54. The molecule has 0 bridgehead atoms. The number of anilines is 1. The fourth-order valence-electron chi connectivity index (χ4n) is 2.50. The van der Waals surface area contributed by atoms with Crippen molar-refractivity contribution in [3.05, 3.63) is 59.1 Å². The molecule has 1 unspecified atom stereocenters. The van der Waals surface area contributed by atoms with Crippen LogP contribution in [0.25, 0.3) is 0 Å². The zero-order valence-corrected chi connectivity index (χ0v) is 18.2. The summed E-state index contributed by atoms with van der Waals surface area (Å²) in [7, 11) is 1.52. The molecule has 0 aromatic heterocycles. The topological polar surface area (TPSA) is 93.7 Å². The molecule has 2 N–H and O–H groups in total. The quantitative estimate of drug-likeness (QED) is 0.539. The molecular weight excluding hydrogens is 428 g/mol. The van der Waals surface area contributed by atoms with Crippen LogP contribution in [0.4, 0.5) is 5.69 Å². The van der Waals surface area contributed by atoms with Crippen LogP contribution in [0.3, 0.4) is 0 Å². The molecule has 0 heterocycles. The SMILES string of the molecule is COc1cccc(NC(=O)COC(=O)C(CCSC)NC(=O)c2ccccc2Cl)c1. The van der Waals surface area contributed by atoms with Crippen molar-refractivity contribution in [2.24, 2.45) is 0 Å². The predicted octanol–water partition coefficient (Wildman–Crippen LogP) is 3.38. The van der Waals surface area contributed by atoms with Gasteiger partial charge in [0.1, 0.15) is 11.8 Å². The number of carbonyl (C=O) groups excluding carboxylic acids is 3. The number of amides is 2. The van der Waals surface area contributed by atoms with Crippen LogP contribution in [0.1, 0.15) is 16.8 Å². The van der Waals surface area contributed by atoms with Crippen LogP contribution in [0.5, 0.6) is 5.75 Å². The normalized spacial score (nSPS) is 11.3. The highest BCUT2D eigenvalue weighted by Gasteiger charge is 2.24. The molecule has 1 atom stereocenters. The third kappa shape index (κ3) is 7.27. The molecule has 0 saturated heterocycles. The third-order valence-corrected chi connectivity index (χ3v) is 4.99. The highest BCUT2D eigenvalue weighted by atomic mass is 35.5. The molecule has 0 saturated carbocycles. The second kappa shape index (κ2) is 12.1. The molecule has 2 aromatic carbocycles. The van der Waals surface area contributed by atoms with Gasteiger partial charge < -0.3 is 20.1 Å². The zero-order chi connectivity index (χ0) is 21.9. The van der Waals surface area contributed by atoms with E-state index in [4.69, 9.17) is 21.1 Å². The summed E-state index contributed by atoms with van der Waals surface area (Å²) < 4.78 is 10.2. The fourth-order valence-corrected chi connectivity index (χ4v) is 3.19. The van der Waals surface area contributed by atoms with E-state index in [1.807, 2.05) is 6.26 Å². The number of hydrogen-bond acceptors (Lipinski definition) is 6. The highest BCUT2D eigenvalue weighted by Crippen LogP contribution is 2.17. The standard InChI is InChI=1S/C21H23ClN2O5S/c1-28-15-7-5-6-14(12-15)23-19(25)13-29-21(27)18(10-11-30-2)24-20(26)16-8-3-4-9-17(16)22/h3-9,12,18H,10-11,13H2,1-2H3,(H,23,25)(H,24,26). The number of hydrogen-bond donors (Lipinski definition) is 2. The number of thioether (sulfide) groups is 1. The van der Waals surface area contributed by atoms with Crippen LogP contribution in [-0.4, -0.2) is 49.6 Å². The first kappa shape index (κ1) is 23.6. The first-order chi connectivity index (χ1) is 14.4. The van der Waals surface area contributed by atoms with Crippen LogP contribution < -0.4 is 15.4 Å². The van der Waals surface area contributed by atoms with Crippen LogP contribution in [0.15, 0.2) is 48.5 Å². The minimum Gasteiger partial charge on any atom is -0.497 e. The van der Waals surface area contributed by atoms with Gasteiger partial charge in [0.2, 0.25) is 0 Å². The van der Waals surface area contributed by atoms with Crippen molar-refractivity contribution >= 4 is 46.8 Å². The van der Waals surface area contributed by atoms with Gasteiger partial charge >= 0.3 is 5.97 Å². The molecule has 0 radical (unpaired) electrons. The van der Waals surface area contributed by atoms with Crippen LogP contribution in [-0.2, 0) is 14.3 Å². The molecular formula is C21H23ClN2O5S. The van der Waals surface area contributed by atoms with E-state index in [9.17, 15) is 14.4 Å². The Bertz CT molecular complexity index is 893. The van der Waals surface area contributed by atoms with E-state index in [2.05, 4.69) is 10.6 Å². The fraction of sp³-hybridized carbons (Fsp3) is 0.286. The van der Waals surface area contributed by atoms with Crippen molar-refractivity contribution in [3.63, 3.8) is 0 Å². The summed E-state index contributed by atoms with van der Waals surface area (Å²) in [5.41, 5.74) is 0.776. The van der Waals surface area contributed by atoms with Crippen LogP contribution >= 0.6 is 23.4 Å². The summed E-state index contributed by atoms with van der Waals surface area (Å²) in [6, 6.07) is 12.4. The maximum Gasteiger partial charge on any atom is 0.329 e. The molecule has 2 amide bonds. The maximum absolute atomic E-state index is 12.5. The molecule has 160 valence electrons. The van der Waals surface area contributed by atoms with Gasteiger partial charge in [-0.1, -0.05) is 29.8 Å².